The summed E-state index contributed by atoms with van der Waals surface area (Å²) in [6.45, 7) is 1.32. The predicted molar refractivity (Wildman–Crippen MR) is 142 cm³/mol. The molecule has 11 heteroatoms. The second kappa shape index (κ2) is 11.5. The van der Waals surface area contributed by atoms with Crippen LogP contribution in [0, 0.1) is 11.8 Å². The van der Waals surface area contributed by atoms with Crippen LogP contribution in [0.15, 0.2) is 41.1 Å². The average molecular weight is 540 g/mol. The Bertz CT molecular complexity index is 1320. The third kappa shape index (κ3) is 5.51. The maximum atomic E-state index is 13.3. The third-order valence-corrected chi connectivity index (χ3v) is 7.56. The van der Waals surface area contributed by atoms with Gasteiger partial charge in [-0.2, -0.15) is 0 Å². The number of likely N-dealkylation sites (tertiary alicyclic amines) is 1. The van der Waals surface area contributed by atoms with E-state index in [-0.39, 0.29) is 41.1 Å². The Balaban J connectivity index is 1.26. The number of hydrogen-bond acceptors (Lipinski definition) is 7. The van der Waals surface area contributed by atoms with Gasteiger partial charge < -0.3 is 24.7 Å². The van der Waals surface area contributed by atoms with E-state index in [1.54, 1.807) is 37.6 Å². The summed E-state index contributed by atoms with van der Waals surface area (Å²) < 4.78 is 11.1. The average Bonchev–Trinajstić information content (AvgIpc) is 3.55. The smallest absolute Gasteiger partial charge is 0.294 e. The Kier molecular flexibility index (Phi) is 7.90. The van der Waals surface area contributed by atoms with Crippen LogP contribution in [0.2, 0.25) is 5.02 Å². The molecule has 3 aromatic heterocycles. The van der Waals surface area contributed by atoms with Gasteiger partial charge in [0, 0.05) is 37.9 Å². The maximum Gasteiger partial charge on any atom is 0.294 e. The van der Waals surface area contributed by atoms with Gasteiger partial charge in [0.25, 0.3) is 5.91 Å². The summed E-state index contributed by atoms with van der Waals surface area (Å²) in [5, 5.41) is 6.00. The Hall–Kier alpha value is -3.50. The summed E-state index contributed by atoms with van der Waals surface area (Å²) in [6.07, 6.45) is 7.42. The van der Waals surface area contributed by atoms with Crippen LogP contribution in [0.1, 0.15) is 49.1 Å². The highest BCUT2D eigenvalue weighted by Gasteiger charge is 2.37. The van der Waals surface area contributed by atoms with Crippen molar-refractivity contribution in [3.8, 4) is 0 Å². The number of aromatic nitrogens is 2. The van der Waals surface area contributed by atoms with Crippen molar-refractivity contribution in [3.05, 3.63) is 47.4 Å². The van der Waals surface area contributed by atoms with Crippen LogP contribution in [-0.4, -0.2) is 58.9 Å². The number of furan rings is 1. The van der Waals surface area contributed by atoms with Crippen molar-refractivity contribution >= 4 is 51.9 Å². The molecule has 2 aliphatic rings. The van der Waals surface area contributed by atoms with Crippen molar-refractivity contribution in [1.29, 1.82) is 0 Å². The number of nitrogens with one attached hydrogen (secondary N) is 2. The molecule has 1 saturated carbocycles. The number of amides is 3. The van der Waals surface area contributed by atoms with Gasteiger partial charge in [-0.3, -0.25) is 19.4 Å². The molecule has 10 nitrogen and oxygen atoms in total. The SMILES string of the molecule is COCC1CCCN1C(=O)C1CCC(C(=O)Nc2c(C(=O)Nc3ccc(Cl)cn3)oc3cccnc23)CC1. The topological polar surface area (TPSA) is 127 Å². The van der Waals surface area contributed by atoms with Crippen molar-refractivity contribution in [2.75, 3.05) is 30.9 Å². The van der Waals surface area contributed by atoms with Crippen molar-refractivity contribution < 1.29 is 23.5 Å². The van der Waals surface area contributed by atoms with Crippen LogP contribution in [0.4, 0.5) is 11.5 Å². The molecule has 2 fully saturated rings. The molecular formula is C27H30ClN5O5. The van der Waals surface area contributed by atoms with Gasteiger partial charge in [-0.25, -0.2) is 4.98 Å². The number of carbonyl (C=O) groups excluding carboxylic acids is 3. The lowest BCUT2D eigenvalue weighted by molar-refractivity contribution is -0.139. The Morgan fingerprint density at radius 1 is 1.08 bits per heavy atom. The number of pyridine rings is 2. The quantitative estimate of drug-likeness (QED) is 0.452. The minimum Gasteiger partial charge on any atom is -0.447 e. The number of fused-ring (bicyclic) bond motifs is 1. The Morgan fingerprint density at radius 2 is 1.87 bits per heavy atom. The summed E-state index contributed by atoms with van der Waals surface area (Å²) >= 11 is 5.88. The molecule has 200 valence electrons. The molecule has 5 rings (SSSR count). The molecule has 1 unspecified atom stereocenters. The zero-order valence-corrected chi connectivity index (χ0v) is 21.9. The summed E-state index contributed by atoms with van der Waals surface area (Å²) in [7, 11) is 1.66. The van der Waals surface area contributed by atoms with E-state index >= 15 is 0 Å². The number of rotatable bonds is 7. The fourth-order valence-corrected chi connectivity index (χ4v) is 5.49. The van der Waals surface area contributed by atoms with Crippen LogP contribution < -0.4 is 10.6 Å². The zero-order valence-electron chi connectivity index (χ0n) is 21.1. The normalized spacial score (nSPS) is 21.4. The molecule has 3 amide bonds. The summed E-state index contributed by atoms with van der Waals surface area (Å²) in [5.41, 5.74) is 0.981. The fourth-order valence-electron chi connectivity index (χ4n) is 5.38. The number of ether oxygens (including phenoxy) is 1. The largest absolute Gasteiger partial charge is 0.447 e. The van der Waals surface area contributed by atoms with Crippen LogP contribution >= 0.6 is 11.6 Å². The number of carbonyl (C=O) groups is 3. The van der Waals surface area contributed by atoms with E-state index in [4.69, 9.17) is 20.8 Å². The highest BCUT2D eigenvalue weighted by atomic mass is 35.5. The first-order valence-corrected chi connectivity index (χ1v) is 13.2. The lowest BCUT2D eigenvalue weighted by atomic mass is 9.80. The van der Waals surface area contributed by atoms with Crippen molar-refractivity contribution in [3.63, 3.8) is 0 Å². The fraction of sp³-hybridized carbons (Fsp3) is 0.444. The first kappa shape index (κ1) is 26.1. The molecule has 0 bridgehead atoms. The molecule has 1 aliphatic carbocycles. The number of hydrogen-bond donors (Lipinski definition) is 2. The second-order valence-corrected chi connectivity index (χ2v) is 10.2. The molecular weight excluding hydrogens is 510 g/mol. The van der Waals surface area contributed by atoms with Gasteiger partial charge in [0.1, 0.15) is 17.0 Å². The van der Waals surface area contributed by atoms with Crippen LogP contribution in [0.25, 0.3) is 11.1 Å². The standard InChI is InChI=1S/C27H30ClN5O5/c1-37-15-19-4-3-13-33(19)27(36)17-8-6-16(7-9-17)25(34)32-23-22-20(5-2-12-29-22)38-24(23)26(35)31-21-11-10-18(28)14-30-21/h2,5,10-12,14,16-17,19H,3-4,6-9,13,15H2,1H3,(H,32,34)(H,30,31,35). The van der Waals surface area contributed by atoms with Gasteiger partial charge in [0.2, 0.25) is 17.6 Å². The van der Waals surface area contributed by atoms with E-state index < -0.39 is 5.91 Å². The number of halogens is 1. The van der Waals surface area contributed by atoms with E-state index in [9.17, 15) is 14.4 Å². The van der Waals surface area contributed by atoms with Gasteiger partial charge >= 0.3 is 0 Å². The summed E-state index contributed by atoms with van der Waals surface area (Å²) in [4.78, 5) is 49.9. The number of anilines is 2. The Labute approximate surface area is 225 Å². The van der Waals surface area contributed by atoms with Crippen molar-refractivity contribution in [1.82, 2.24) is 14.9 Å². The van der Waals surface area contributed by atoms with Gasteiger partial charge in [-0.15, -0.1) is 0 Å². The molecule has 0 aromatic carbocycles. The molecule has 3 aromatic rings. The maximum absolute atomic E-state index is 13.3. The molecule has 1 aliphatic heterocycles. The van der Waals surface area contributed by atoms with Gasteiger partial charge in [0.05, 0.1) is 17.7 Å². The van der Waals surface area contributed by atoms with Crippen molar-refractivity contribution in [2.24, 2.45) is 11.8 Å². The zero-order chi connectivity index (χ0) is 26.6. The Morgan fingerprint density at radius 3 is 2.61 bits per heavy atom. The van der Waals surface area contributed by atoms with Crippen LogP contribution in [0.5, 0.6) is 0 Å². The highest BCUT2D eigenvalue weighted by molar-refractivity contribution is 6.30. The third-order valence-electron chi connectivity index (χ3n) is 7.34. The predicted octanol–water partition coefficient (Wildman–Crippen LogP) is 4.51. The van der Waals surface area contributed by atoms with E-state index in [2.05, 4.69) is 20.6 Å². The lowest BCUT2D eigenvalue weighted by Gasteiger charge is -2.32. The molecule has 1 atom stereocenters. The van der Waals surface area contributed by atoms with E-state index in [1.165, 1.54) is 6.20 Å². The van der Waals surface area contributed by atoms with E-state index in [1.807, 2.05) is 4.90 Å². The van der Waals surface area contributed by atoms with Gasteiger partial charge in [0.15, 0.2) is 5.58 Å². The number of nitrogens with zero attached hydrogens (tertiary/aromatic N) is 3. The van der Waals surface area contributed by atoms with Gasteiger partial charge in [-0.1, -0.05) is 11.6 Å². The van der Waals surface area contributed by atoms with Crippen LogP contribution in [-0.2, 0) is 14.3 Å². The minimum atomic E-state index is -0.571. The number of methoxy groups -OCH3 is 1. The molecule has 38 heavy (non-hydrogen) atoms. The van der Waals surface area contributed by atoms with E-state index in [0.29, 0.717) is 54.2 Å². The monoisotopic (exact) mass is 539 g/mol. The van der Waals surface area contributed by atoms with Crippen LogP contribution in [0.3, 0.4) is 0 Å². The minimum absolute atomic E-state index is 0.0640. The molecule has 2 N–H and O–H groups in total. The lowest BCUT2D eigenvalue weighted by Crippen LogP contribution is -2.43. The van der Waals surface area contributed by atoms with Crippen molar-refractivity contribution in [2.45, 2.75) is 44.6 Å². The molecule has 4 heterocycles. The second-order valence-electron chi connectivity index (χ2n) is 9.79. The first-order chi connectivity index (χ1) is 18.4. The first-order valence-electron chi connectivity index (χ1n) is 12.8. The molecule has 0 radical (unpaired) electrons. The summed E-state index contributed by atoms with van der Waals surface area (Å²) in [6, 6.07) is 6.69. The molecule has 1 saturated heterocycles. The van der Waals surface area contributed by atoms with E-state index in [0.717, 1.165) is 19.4 Å². The summed E-state index contributed by atoms with van der Waals surface area (Å²) in [5.74, 6) is -0.760. The molecule has 0 spiro atoms. The highest BCUT2D eigenvalue weighted by Crippen LogP contribution is 2.35. The van der Waals surface area contributed by atoms with Gasteiger partial charge in [-0.05, 0) is 62.8 Å².